The molecule has 1 amide bonds. The van der Waals surface area contributed by atoms with E-state index in [2.05, 4.69) is 19.3 Å². The van der Waals surface area contributed by atoms with Gasteiger partial charge in [-0.25, -0.2) is 5.43 Å². The molecular formula is C14H21N3O. The molecule has 1 heterocycles. The van der Waals surface area contributed by atoms with Crippen LogP contribution in [0.4, 0.5) is 5.69 Å². The van der Waals surface area contributed by atoms with Gasteiger partial charge in [-0.05, 0) is 37.0 Å². The Hall–Kier alpha value is -1.55. The summed E-state index contributed by atoms with van der Waals surface area (Å²) in [6, 6.07) is 7.62. The monoisotopic (exact) mass is 247 g/mol. The topological polar surface area (TPSA) is 58.4 Å². The van der Waals surface area contributed by atoms with Crippen molar-refractivity contribution in [2.75, 3.05) is 5.73 Å². The molecule has 0 saturated carbocycles. The fraction of sp³-hybridized carbons (Fsp3) is 0.500. The smallest absolute Gasteiger partial charge is 0.258 e. The molecule has 4 heteroatoms. The summed E-state index contributed by atoms with van der Waals surface area (Å²) in [5.74, 6) is 0.666. The SMILES string of the molecule is CC(C)CC1(C)NN(Cc2cccc(N)c2)C1=O. The molecule has 0 aromatic heterocycles. The van der Waals surface area contributed by atoms with Gasteiger partial charge in [0.05, 0.1) is 6.54 Å². The van der Waals surface area contributed by atoms with Crippen molar-refractivity contribution >= 4 is 11.6 Å². The minimum absolute atomic E-state index is 0.165. The van der Waals surface area contributed by atoms with Crippen LogP contribution in [0.5, 0.6) is 0 Å². The van der Waals surface area contributed by atoms with E-state index in [4.69, 9.17) is 5.73 Å². The van der Waals surface area contributed by atoms with Crippen molar-refractivity contribution in [2.45, 2.75) is 39.3 Å². The molecule has 1 aliphatic rings. The Kier molecular flexibility index (Phi) is 3.30. The van der Waals surface area contributed by atoms with Crippen molar-refractivity contribution in [3.05, 3.63) is 29.8 Å². The van der Waals surface area contributed by atoms with Crippen LogP contribution < -0.4 is 11.2 Å². The summed E-state index contributed by atoms with van der Waals surface area (Å²) in [5, 5.41) is 1.66. The Morgan fingerprint density at radius 3 is 2.72 bits per heavy atom. The number of anilines is 1. The number of nitrogen functional groups attached to an aromatic ring is 1. The van der Waals surface area contributed by atoms with Gasteiger partial charge in [-0.1, -0.05) is 26.0 Å². The number of nitrogens with zero attached hydrogens (tertiary/aromatic N) is 1. The van der Waals surface area contributed by atoms with E-state index in [9.17, 15) is 4.79 Å². The molecule has 1 atom stereocenters. The molecule has 4 nitrogen and oxygen atoms in total. The third kappa shape index (κ3) is 2.48. The minimum atomic E-state index is -0.394. The van der Waals surface area contributed by atoms with Crippen molar-refractivity contribution in [3.8, 4) is 0 Å². The maximum absolute atomic E-state index is 12.1. The zero-order chi connectivity index (χ0) is 13.3. The first-order chi connectivity index (χ1) is 8.40. The molecule has 0 aliphatic carbocycles. The fourth-order valence-electron chi connectivity index (χ4n) is 2.58. The molecule has 98 valence electrons. The second-order valence-corrected chi connectivity index (χ2v) is 5.68. The van der Waals surface area contributed by atoms with E-state index in [0.717, 1.165) is 17.7 Å². The van der Waals surface area contributed by atoms with Gasteiger partial charge in [-0.3, -0.25) is 9.80 Å². The molecule has 0 spiro atoms. The summed E-state index contributed by atoms with van der Waals surface area (Å²) in [4.78, 5) is 12.1. The maximum Gasteiger partial charge on any atom is 0.258 e. The number of rotatable bonds is 4. The third-order valence-electron chi connectivity index (χ3n) is 3.21. The van der Waals surface area contributed by atoms with E-state index >= 15 is 0 Å². The molecule has 1 fully saturated rings. The molecule has 0 bridgehead atoms. The van der Waals surface area contributed by atoms with Crippen LogP contribution in [-0.4, -0.2) is 16.5 Å². The molecule has 1 aromatic carbocycles. The number of nitrogens with one attached hydrogen (secondary N) is 1. The number of hydrazine groups is 1. The predicted molar refractivity (Wildman–Crippen MR) is 72.4 cm³/mol. The number of hydrogen-bond acceptors (Lipinski definition) is 3. The predicted octanol–water partition coefficient (Wildman–Crippen LogP) is 1.92. The summed E-state index contributed by atoms with van der Waals surface area (Å²) in [6.07, 6.45) is 0.860. The van der Waals surface area contributed by atoms with Gasteiger partial charge in [0.15, 0.2) is 0 Å². The van der Waals surface area contributed by atoms with Gasteiger partial charge in [0.1, 0.15) is 5.54 Å². The fourth-order valence-corrected chi connectivity index (χ4v) is 2.58. The molecule has 18 heavy (non-hydrogen) atoms. The van der Waals surface area contributed by atoms with Gasteiger partial charge in [-0.2, -0.15) is 0 Å². The number of nitrogens with two attached hydrogens (primary N) is 1. The van der Waals surface area contributed by atoms with Crippen LogP contribution in [0.15, 0.2) is 24.3 Å². The molecule has 0 radical (unpaired) electrons. The molecule has 2 rings (SSSR count). The Morgan fingerprint density at radius 2 is 2.17 bits per heavy atom. The molecular weight excluding hydrogens is 226 g/mol. The van der Waals surface area contributed by atoms with Crippen LogP contribution in [0.3, 0.4) is 0 Å². The van der Waals surface area contributed by atoms with Crippen molar-refractivity contribution in [3.63, 3.8) is 0 Å². The Labute approximate surface area is 108 Å². The van der Waals surface area contributed by atoms with E-state index in [1.807, 2.05) is 31.2 Å². The highest BCUT2D eigenvalue weighted by Gasteiger charge is 2.47. The van der Waals surface area contributed by atoms with Gasteiger partial charge in [-0.15, -0.1) is 0 Å². The summed E-state index contributed by atoms with van der Waals surface area (Å²) in [5.41, 5.74) is 10.3. The number of amides is 1. The lowest BCUT2D eigenvalue weighted by atomic mass is 9.87. The lowest BCUT2D eigenvalue weighted by molar-refractivity contribution is -0.165. The Morgan fingerprint density at radius 1 is 1.44 bits per heavy atom. The first-order valence-electron chi connectivity index (χ1n) is 6.35. The number of hydrogen-bond donors (Lipinski definition) is 2. The molecule has 1 unspecified atom stereocenters. The van der Waals surface area contributed by atoms with Gasteiger partial charge in [0.25, 0.3) is 5.91 Å². The Bertz CT molecular complexity index is 458. The maximum atomic E-state index is 12.1. The highest BCUT2D eigenvalue weighted by Crippen LogP contribution is 2.27. The average Bonchev–Trinajstić information content (AvgIpc) is 2.27. The van der Waals surface area contributed by atoms with Crippen LogP contribution in [-0.2, 0) is 11.3 Å². The highest BCUT2D eigenvalue weighted by molar-refractivity contribution is 5.90. The summed E-state index contributed by atoms with van der Waals surface area (Å²) in [6.45, 7) is 6.78. The van der Waals surface area contributed by atoms with Gasteiger partial charge in [0, 0.05) is 5.69 Å². The van der Waals surface area contributed by atoms with Crippen LogP contribution in [0.1, 0.15) is 32.8 Å². The van der Waals surface area contributed by atoms with E-state index in [1.54, 1.807) is 5.01 Å². The van der Waals surface area contributed by atoms with E-state index in [-0.39, 0.29) is 5.91 Å². The zero-order valence-corrected chi connectivity index (χ0v) is 11.2. The quantitative estimate of drug-likeness (QED) is 0.799. The summed E-state index contributed by atoms with van der Waals surface area (Å²) in [7, 11) is 0. The van der Waals surface area contributed by atoms with Crippen LogP contribution in [0.25, 0.3) is 0 Å². The van der Waals surface area contributed by atoms with Crippen molar-refractivity contribution in [1.82, 2.24) is 10.4 Å². The van der Waals surface area contributed by atoms with Crippen LogP contribution >= 0.6 is 0 Å². The molecule has 3 N–H and O–H groups in total. The standard InChI is InChI=1S/C14H21N3O/c1-10(2)8-14(3)13(18)17(16-14)9-11-5-4-6-12(15)7-11/h4-7,10,16H,8-9,15H2,1-3H3. The van der Waals surface area contributed by atoms with E-state index in [1.165, 1.54) is 0 Å². The van der Waals surface area contributed by atoms with Gasteiger partial charge >= 0.3 is 0 Å². The number of benzene rings is 1. The number of carbonyl (C=O) groups excluding carboxylic acids is 1. The summed E-state index contributed by atoms with van der Waals surface area (Å²) < 4.78 is 0. The van der Waals surface area contributed by atoms with E-state index < -0.39 is 5.54 Å². The Balaban J connectivity index is 1.97. The lowest BCUT2D eigenvalue weighted by Gasteiger charge is -2.48. The lowest BCUT2D eigenvalue weighted by Crippen LogP contribution is -2.74. The molecule has 1 saturated heterocycles. The van der Waals surface area contributed by atoms with Crippen LogP contribution in [0.2, 0.25) is 0 Å². The minimum Gasteiger partial charge on any atom is -0.399 e. The molecule has 1 aliphatic heterocycles. The average molecular weight is 247 g/mol. The van der Waals surface area contributed by atoms with Gasteiger partial charge in [0.2, 0.25) is 0 Å². The van der Waals surface area contributed by atoms with Crippen LogP contribution in [0, 0.1) is 5.92 Å². The number of carbonyl (C=O) groups is 1. The van der Waals surface area contributed by atoms with Crippen molar-refractivity contribution in [1.29, 1.82) is 0 Å². The third-order valence-corrected chi connectivity index (χ3v) is 3.21. The van der Waals surface area contributed by atoms with E-state index in [0.29, 0.717) is 12.5 Å². The molecule has 1 aromatic rings. The first kappa shape index (κ1) is 12.9. The normalized spacial score (nSPS) is 23.3. The van der Waals surface area contributed by atoms with Crippen molar-refractivity contribution in [2.24, 2.45) is 5.92 Å². The van der Waals surface area contributed by atoms with Crippen molar-refractivity contribution < 1.29 is 4.79 Å². The first-order valence-corrected chi connectivity index (χ1v) is 6.35. The largest absolute Gasteiger partial charge is 0.399 e. The second kappa shape index (κ2) is 4.61. The zero-order valence-electron chi connectivity index (χ0n) is 11.2. The summed E-state index contributed by atoms with van der Waals surface area (Å²) >= 11 is 0. The highest BCUT2D eigenvalue weighted by atomic mass is 16.2. The van der Waals surface area contributed by atoms with Gasteiger partial charge < -0.3 is 5.73 Å². The second-order valence-electron chi connectivity index (χ2n) is 5.68.